The van der Waals surface area contributed by atoms with Gasteiger partial charge in [0.05, 0.1) is 18.1 Å². The van der Waals surface area contributed by atoms with Gasteiger partial charge in [-0.1, -0.05) is 29.3 Å². The van der Waals surface area contributed by atoms with Crippen LogP contribution in [0.4, 0.5) is 11.5 Å². The first-order valence-corrected chi connectivity index (χ1v) is 7.52. The highest BCUT2D eigenvalue weighted by Crippen LogP contribution is 2.29. The fourth-order valence-corrected chi connectivity index (χ4v) is 2.43. The second-order valence-electron chi connectivity index (χ2n) is 4.59. The van der Waals surface area contributed by atoms with Crippen molar-refractivity contribution in [3.05, 3.63) is 70.9 Å². The molecule has 1 N–H and O–H groups in total. The fourth-order valence-electron chi connectivity index (χ4n) is 1.92. The van der Waals surface area contributed by atoms with Crippen molar-refractivity contribution in [2.24, 2.45) is 0 Å². The molecule has 3 aromatic rings. The maximum atomic E-state index is 6.15. The number of aromatic nitrogens is 3. The van der Waals surface area contributed by atoms with Crippen molar-refractivity contribution >= 4 is 34.7 Å². The molecule has 0 aliphatic heterocycles. The van der Waals surface area contributed by atoms with Gasteiger partial charge < -0.3 is 10.1 Å². The number of halogens is 2. The summed E-state index contributed by atoms with van der Waals surface area (Å²) in [4.78, 5) is 12.2. The topological polar surface area (TPSA) is 59.9 Å². The number of benzene rings is 1. The molecule has 0 saturated carbocycles. The van der Waals surface area contributed by atoms with Gasteiger partial charge in [0.15, 0.2) is 11.6 Å². The van der Waals surface area contributed by atoms with E-state index in [0.717, 1.165) is 5.56 Å². The van der Waals surface area contributed by atoms with Gasteiger partial charge in [0.2, 0.25) is 0 Å². The highest BCUT2D eigenvalue weighted by atomic mass is 35.5. The van der Waals surface area contributed by atoms with Crippen molar-refractivity contribution in [3.63, 3.8) is 0 Å². The van der Waals surface area contributed by atoms with Crippen LogP contribution in [0.1, 0.15) is 5.56 Å². The summed E-state index contributed by atoms with van der Waals surface area (Å²) >= 11 is 12.3. The van der Waals surface area contributed by atoms with E-state index < -0.39 is 0 Å². The summed E-state index contributed by atoms with van der Waals surface area (Å²) in [5.41, 5.74) is 1.44. The Kier molecular flexibility index (Phi) is 4.90. The van der Waals surface area contributed by atoms with E-state index in [9.17, 15) is 0 Å². The Morgan fingerprint density at radius 2 is 1.74 bits per heavy atom. The van der Waals surface area contributed by atoms with E-state index in [1.165, 1.54) is 6.33 Å². The minimum Gasteiger partial charge on any atom is -0.485 e. The maximum absolute atomic E-state index is 6.15. The van der Waals surface area contributed by atoms with Gasteiger partial charge in [-0.25, -0.2) is 15.0 Å². The van der Waals surface area contributed by atoms with E-state index in [2.05, 4.69) is 20.3 Å². The number of nitrogens with zero attached hydrogens (tertiary/aromatic N) is 3. The summed E-state index contributed by atoms with van der Waals surface area (Å²) in [6.07, 6.45) is 6.43. The number of rotatable bonds is 5. The molecule has 0 radical (unpaired) electrons. The van der Waals surface area contributed by atoms with E-state index in [-0.39, 0.29) is 6.61 Å². The van der Waals surface area contributed by atoms with Crippen molar-refractivity contribution < 1.29 is 4.74 Å². The predicted molar refractivity (Wildman–Crippen MR) is 90.3 cm³/mol. The maximum Gasteiger partial charge on any atom is 0.173 e. The Morgan fingerprint density at radius 1 is 1.00 bits per heavy atom. The number of ether oxygens (including phenoxy) is 1. The van der Waals surface area contributed by atoms with E-state index in [1.807, 2.05) is 6.07 Å². The molecule has 5 nitrogen and oxygen atoms in total. The average Bonchev–Trinajstić information content (AvgIpc) is 2.57. The molecule has 0 amide bonds. The highest BCUT2D eigenvalue weighted by molar-refractivity contribution is 6.35. The van der Waals surface area contributed by atoms with Crippen molar-refractivity contribution in [1.29, 1.82) is 0 Å². The van der Waals surface area contributed by atoms with Crippen LogP contribution in [-0.2, 0) is 6.61 Å². The molecule has 0 fully saturated rings. The first-order chi connectivity index (χ1) is 11.2. The number of hydrogen-bond donors (Lipinski definition) is 1. The molecule has 116 valence electrons. The lowest BCUT2D eigenvalue weighted by Crippen LogP contribution is -2.02. The lowest BCUT2D eigenvalue weighted by Gasteiger charge is -2.13. The van der Waals surface area contributed by atoms with Crippen LogP contribution in [0.3, 0.4) is 0 Å². The van der Waals surface area contributed by atoms with Crippen molar-refractivity contribution in [2.45, 2.75) is 6.61 Å². The summed E-state index contributed by atoms with van der Waals surface area (Å²) < 4.78 is 5.82. The molecule has 2 aromatic heterocycles. The molecular formula is C16H12Cl2N4O. The van der Waals surface area contributed by atoms with Gasteiger partial charge in [0, 0.05) is 21.8 Å². The van der Waals surface area contributed by atoms with Gasteiger partial charge in [-0.2, -0.15) is 0 Å². The molecule has 0 unspecified atom stereocenters. The van der Waals surface area contributed by atoms with Gasteiger partial charge in [-0.05, 0) is 24.3 Å². The van der Waals surface area contributed by atoms with E-state index >= 15 is 0 Å². The molecule has 0 aliphatic carbocycles. The average molecular weight is 347 g/mol. The number of hydrogen-bond acceptors (Lipinski definition) is 5. The highest BCUT2D eigenvalue weighted by Gasteiger charge is 2.09. The largest absolute Gasteiger partial charge is 0.485 e. The second kappa shape index (κ2) is 7.26. The number of pyridine rings is 1. The summed E-state index contributed by atoms with van der Waals surface area (Å²) in [5, 5.41) is 4.24. The van der Waals surface area contributed by atoms with Crippen molar-refractivity contribution in [2.75, 3.05) is 5.32 Å². The quantitative estimate of drug-likeness (QED) is 0.736. The van der Waals surface area contributed by atoms with Crippen LogP contribution >= 0.6 is 23.2 Å². The lowest BCUT2D eigenvalue weighted by atomic mass is 10.2. The molecule has 7 heteroatoms. The summed E-state index contributed by atoms with van der Waals surface area (Å²) in [7, 11) is 0. The van der Waals surface area contributed by atoms with Crippen LogP contribution in [0, 0.1) is 0 Å². The number of nitrogens with one attached hydrogen (secondary N) is 1. The Balaban J connectivity index is 1.78. The van der Waals surface area contributed by atoms with Crippen LogP contribution in [0.25, 0.3) is 0 Å². The van der Waals surface area contributed by atoms with Crippen LogP contribution in [-0.4, -0.2) is 15.0 Å². The van der Waals surface area contributed by atoms with Crippen molar-refractivity contribution in [1.82, 2.24) is 15.0 Å². The Hall–Kier alpha value is -2.37. The second-order valence-corrected chi connectivity index (χ2v) is 5.41. The van der Waals surface area contributed by atoms with Crippen molar-refractivity contribution in [3.8, 4) is 5.75 Å². The molecule has 0 aliphatic rings. The van der Waals surface area contributed by atoms with Crippen LogP contribution in [0.15, 0.2) is 55.2 Å². The van der Waals surface area contributed by atoms with Gasteiger partial charge >= 0.3 is 0 Å². The van der Waals surface area contributed by atoms with Gasteiger partial charge in [-0.3, -0.25) is 0 Å². The molecule has 0 atom stereocenters. The van der Waals surface area contributed by atoms with Crippen LogP contribution in [0.5, 0.6) is 5.75 Å². The van der Waals surface area contributed by atoms with E-state index in [0.29, 0.717) is 27.3 Å². The third-order valence-electron chi connectivity index (χ3n) is 3.03. The van der Waals surface area contributed by atoms with E-state index in [1.54, 1.807) is 42.9 Å². The minimum atomic E-state index is 0.240. The normalized spacial score (nSPS) is 10.3. The SMILES string of the molecule is Clc1cccc(Cl)c1COc1cccnc1Nc1cncnc1. The van der Waals surface area contributed by atoms with Crippen LogP contribution < -0.4 is 10.1 Å². The zero-order valence-corrected chi connectivity index (χ0v) is 13.4. The molecule has 23 heavy (non-hydrogen) atoms. The third-order valence-corrected chi connectivity index (χ3v) is 3.74. The predicted octanol–water partition coefficient (Wildman–Crippen LogP) is 4.50. The Morgan fingerprint density at radius 3 is 2.48 bits per heavy atom. The molecule has 1 aromatic carbocycles. The Bertz CT molecular complexity index is 779. The molecule has 0 bridgehead atoms. The zero-order chi connectivity index (χ0) is 16.1. The lowest BCUT2D eigenvalue weighted by molar-refractivity contribution is 0.307. The monoisotopic (exact) mass is 346 g/mol. The molecule has 0 saturated heterocycles. The van der Waals surface area contributed by atoms with Gasteiger partial charge in [0.25, 0.3) is 0 Å². The van der Waals surface area contributed by atoms with Crippen LogP contribution in [0.2, 0.25) is 10.0 Å². The fraction of sp³-hybridized carbons (Fsp3) is 0.0625. The third kappa shape index (κ3) is 3.88. The molecular weight excluding hydrogens is 335 g/mol. The zero-order valence-electron chi connectivity index (χ0n) is 11.9. The van der Waals surface area contributed by atoms with E-state index in [4.69, 9.17) is 27.9 Å². The molecule has 0 spiro atoms. The number of anilines is 2. The molecule has 2 heterocycles. The summed E-state index contributed by atoms with van der Waals surface area (Å²) in [6.45, 7) is 0.240. The Labute approximate surface area is 143 Å². The minimum absolute atomic E-state index is 0.240. The first kappa shape index (κ1) is 15.5. The smallest absolute Gasteiger partial charge is 0.173 e. The first-order valence-electron chi connectivity index (χ1n) is 6.77. The standard InChI is InChI=1S/C16H12Cl2N4O/c17-13-3-1-4-14(18)12(13)9-23-15-5-2-6-21-16(15)22-11-7-19-10-20-8-11/h1-8,10H,9H2,(H,21,22). The summed E-state index contributed by atoms with van der Waals surface area (Å²) in [5.74, 6) is 1.14. The molecule has 3 rings (SSSR count). The van der Waals surface area contributed by atoms with Gasteiger partial charge in [-0.15, -0.1) is 0 Å². The summed E-state index contributed by atoms with van der Waals surface area (Å²) in [6, 6.07) is 8.94. The van der Waals surface area contributed by atoms with Gasteiger partial charge in [0.1, 0.15) is 12.9 Å².